The van der Waals surface area contributed by atoms with Crippen molar-refractivity contribution in [1.29, 1.82) is 0 Å². The second-order valence-corrected chi connectivity index (χ2v) is 5.76. The number of benzene rings is 1. The third kappa shape index (κ3) is 4.26. The molecule has 0 saturated carbocycles. The van der Waals surface area contributed by atoms with Gasteiger partial charge >= 0.3 is 0 Å². The first-order valence-corrected chi connectivity index (χ1v) is 7.38. The van der Waals surface area contributed by atoms with Crippen LogP contribution >= 0.6 is 0 Å². The molecule has 0 fully saturated rings. The van der Waals surface area contributed by atoms with Gasteiger partial charge in [0.1, 0.15) is 11.9 Å². The van der Waals surface area contributed by atoms with E-state index in [-0.39, 0.29) is 11.7 Å². The molecule has 22 heavy (non-hydrogen) atoms. The van der Waals surface area contributed by atoms with E-state index < -0.39 is 6.10 Å². The van der Waals surface area contributed by atoms with E-state index in [2.05, 4.69) is 16.8 Å². The van der Waals surface area contributed by atoms with Gasteiger partial charge < -0.3 is 5.32 Å². The van der Waals surface area contributed by atoms with Crippen LogP contribution in [0.15, 0.2) is 30.4 Å². The van der Waals surface area contributed by atoms with Gasteiger partial charge in [-0.25, -0.2) is 4.89 Å². The van der Waals surface area contributed by atoms with Crippen LogP contribution < -0.4 is 5.32 Å². The first kappa shape index (κ1) is 16.4. The summed E-state index contributed by atoms with van der Waals surface area (Å²) in [5, 5.41) is 11.5. The molecule has 0 saturated heterocycles. The summed E-state index contributed by atoms with van der Waals surface area (Å²) in [5.74, 6) is 0.129. The maximum Gasteiger partial charge on any atom is 0.228 e. The van der Waals surface area contributed by atoms with Gasteiger partial charge in [-0.15, -0.1) is 0 Å². The highest BCUT2D eigenvalue weighted by atomic mass is 17.1. The van der Waals surface area contributed by atoms with Crippen LogP contribution in [0.1, 0.15) is 37.3 Å². The van der Waals surface area contributed by atoms with Gasteiger partial charge in [-0.1, -0.05) is 18.7 Å². The molecule has 1 atom stereocenters. The van der Waals surface area contributed by atoms with E-state index in [0.717, 1.165) is 22.4 Å². The molecule has 5 nitrogen and oxygen atoms in total. The number of hydrogen-bond donors (Lipinski definition) is 2. The van der Waals surface area contributed by atoms with Gasteiger partial charge in [-0.2, -0.15) is 0 Å². The fourth-order valence-corrected chi connectivity index (χ4v) is 2.58. The Balaban J connectivity index is 1.82. The fraction of sp³-hybridized carbons (Fsp3) is 0.412. The maximum atomic E-state index is 12.0. The number of Topliss-reactive ketones (excluding diaryl/α,β-unsaturated/α-hetero) is 1. The van der Waals surface area contributed by atoms with Crippen LogP contribution in [0.4, 0.5) is 5.69 Å². The van der Waals surface area contributed by atoms with E-state index in [0.29, 0.717) is 32.1 Å². The van der Waals surface area contributed by atoms with Crippen LogP contribution in [-0.4, -0.2) is 23.1 Å². The summed E-state index contributed by atoms with van der Waals surface area (Å²) in [4.78, 5) is 27.6. The molecule has 0 aromatic heterocycles. The Morgan fingerprint density at radius 3 is 2.95 bits per heavy atom. The molecule has 1 aromatic carbocycles. The lowest BCUT2D eigenvalue weighted by atomic mass is 10.00. The van der Waals surface area contributed by atoms with Crippen molar-refractivity contribution in [3.8, 4) is 0 Å². The number of fused-ring (bicyclic) bond motifs is 1. The van der Waals surface area contributed by atoms with Crippen LogP contribution in [0.25, 0.3) is 0 Å². The van der Waals surface area contributed by atoms with Crippen molar-refractivity contribution in [2.24, 2.45) is 0 Å². The average molecular weight is 303 g/mol. The van der Waals surface area contributed by atoms with Crippen LogP contribution in [0.2, 0.25) is 0 Å². The molecule has 0 radical (unpaired) electrons. The van der Waals surface area contributed by atoms with Crippen molar-refractivity contribution in [2.45, 2.75) is 45.1 Å². The summed E-state index contributed by atoms with van der Waals surface area (Å²) in [6.45, 7) is 5.51. The molecule has 1 amide bonds. The predicted molar refractivity (Wildman–Crippen MR) is 83.7 cm³/mol. The van der Waals surface area contributed by atoms with Crippen molar-refractivity contribution in [2.75, 3.05) is 5.32 Å². The van der Waals surface area contributed by atoms with Crippen molar-refractivity contribution >= 4 is 17.4 Å². The first-order valence-electron chi connectivity index (χ1n) is 7.38. The molecule has 2 rings (SSSR count). The van der Waals surface area contributed by atoms with Crippen molar-refractivity contribution < 1.29 is 19.7 Å². The van der Waals surface area contributed by atoms with Crippen molar-refractivity contribution in [3.05, 3.63) is 41.5 Å². The minimum absolute atomic E-state index is 0.00619. The lowest BCUT2D eigenvalue weighted by molar-refractivity contribution is -0.269. The molecule has 0 bridgehead atoms. The lowest BCUT2D eigenvalue weighted by Gasteiger charge is -2.12. The van der Waals surface area contributed by atoms with Gasteiger partial charge in [-0.3, -0.25) is 14.8 Å². The van der Waals surface area contributed by atoms with Gasteiger partial charge in [0.2, 0.25) is 5.91 Å². The van der Waals surface area contributed by atoms with Crippen molar-refractivity contribution in [3.63, 3.8) is 0 Å². The average Bonchev–Trinajstić information content (AvgIpc) is 2.82. The molecule has 1 heterocycles. The molecule has 1 aliphatic rings. The Morgan fingerprint density at radius 1 is 1.50 bits per heavy atom. The summed E-state index contributed by atoms with van der Waals surface area (Å²) < 4.78 is 0. The Labute approximate surface area is 129 Å². The number of amides is 1. The Bertz CT molecular complexity index is 594. The minimum Gasteiger partial charge on any atom is -0.326 e. The highest BCUT2D eigenvalue weighted by Gasteiger charge is 2.18. The number of hydrogen-bond acceptors (Lipinski definition) is 4. The summed E-state index contributed by atoms with van der Waals surface area (Å²) in [7, 11) is 0. The molecule has 5 heteroatoms. The molecular formula is C17H21NO4. The predicted octanol–water partition coefficient (Wildman–Crippen LogP) is 2.90. The third-order valence-electron chi connectivity index (χ3n) is 3.79. The number of carbonyl (C=O) groups is 2. The highest BCUT2D eigenvalue weighted by molar-refractivity contribution is 5.99. The topological polar surface area (TPSA) is 75.6 Å². The molecule has 2 N–H and O–H groups in total. The number of anilines is 1. The van der Waals surface area contributed by atoms with E-state index in [1.54, 1.807) is 6.92 Å². The van der Waals surface area contributed by atoms with Crippen LogP contribution in [-0.2, 0) is 27.3 Å². The number of rotatable bonds is 8. The van der Waals surface area contributed by atoms with E-state index >= 15 is 0 Å². The van der Waals surface area contributed by atoms with E-state index in [1.165, 1.54) is 0 Å². The third-order valence-corrected chi connectivity index (χ3v) is 3.79. The molecule has 0 aliphatic carbocycles. The van der Waals surface area contributed by atoms with Crippen LogP contribution in [0.3, 0.4) is 0 Å². The van der Waals surface area contributed by atoms with Gasteiger partial charge in [0.25, 0.3) is 0 Å². The molecule has 0 spiro atoms. The van der Waals surface area contributed by atoms with Gasteiger partial charge in [0, 0.05) is 18.5 Å². The summed E-state index contributed by atoms with van der Waals surface area (Å²) >= 11 is 0. The standard InChI is InChI=1S/C17H21NO4/c1-11(2)16(22-21)5-3-4-14(19)9-12-6-7-15-13(8-12)10-17(20)18-15/h6-8,16,21H,1,3-5,9-10H2,2H3,(H,18,20). The zero-order valence-electron chi connectivity index (χ0n) is 12.7. The van der Waals surface area contributed by atoms with E-state index in [1.807, 2.05) is 18.2 Å². The first-order chi connectivity index (χ1) is 10.5. The molecular weight excluding hydrogens is 282 g/mol. The normalized spacial score (nSPS) is 14.4. The Kier molecular flexibility index (Phi) is 5.46. The number of carbonyl (C=O) groups excluding carboxylic acids is 2. The second kappa shape index (κ2) is 7.33. The number of ketones is 1. The van der Waals surface area contributed by atoms with Gasteiger partial charge in [0.05, 0.1) is 6.42 Å². The molecule has 1 unspecified atom stereocenters. The Morgan fingerprint density at radius 2 is 2.27 bits per heavy atom. The smallest absolute Gasteiger partial charge is 0.228 e. The lowest BCUT2D eigenvalue weighted by Crippen LogP contribution is -2.13. The van der Waals surface area contributed by atoms with Gasteiger partial charge in [0.15, 0.2) is 0 Å². The largest absolute Gasteiger partial charge is 0.326 e. The maximum absolute atomic E-state index is 12.0. The quantitative estimate of drug-likeness (QED) is 0.440. The SMILES string of the molecule is C=C(C)C(CCCC(=O)Cc1ccc2c(c1)CC(=O)N2)OO. The monoisotopic (exact) mass is 303 g/mol. The minimum atomic E-state index is -0.412. The summed E-state index contributed by atoms with van der Waals surface area (Å²) in [6, 6.07) is 5.63. The summed E-state index contributed by atoms with van der Waals surface area (Å²) in [5.41, 5.74) is 3.46. The van der Waals surface area contributed by atoms with E-state index in [4.69, 9.17) is 5.26 Å². The zero-order valence-corrected chi connectivity index (χ0v) is 12.7. The summed E-state index contributed by atoms with van der Waals surface area (Å²) in [6.07, 6.45) is 1.97. The van der Waals surface area contributed by atoms with Gasteiger partial charge in [-0.05, 0) is 42.5 Å². The number of nitrogens with one attached hydrogen (secondary N) is 1. The van der Waals surface area contributed by atoms with Crippen LogP contribution in [0.5, 0.6) is 0 Å². The molecule has 118 valence electrons. The fourth-order valence-electron chi connectivity index (χ4n) is 2.58. The Hall–Kier alpha value is -1.98. The second-order valence-electron chi connectivity index (χ2n) is 5.76. The molecule has 1 aliphatic heterocycles. The zero-order chi connectivity index (χ0) is 16.1. The highest BCUT2D eigenvalue weighted by Crippen LogP contribution is 2.24. The van der Waals surface area contributed by atoms with Crippen molar-refractivity contribution in [1.82, 2.24) is 0 Å². The van der Waals surface area contributed by atoms with E-state index in [9.17, 15) is 9.59 Å². The van der Waals surface area contributed by atoms with Crippen LogP contribution in [0, 0.1) is 0 Å². The molecule has 1 aromatic rings.